The maximum absolute atomic E-state index is 13.6. The van der Waals surface area contributed by atoms with E-state index in [1.807, 2.05) is 66.7 Å². The Morgan fingerprint density at radius 2 is 1.14 bits per heavy atom. The van der Waals surface area contributed by atoms with Gasteiger partial charge in [-0.2, -0.15) is 0 Å². The minimum atomic E-state index is -0.261. The quantitative estimate of drug-likeness (QED) is 0.275. The molecule has 1 fully saturated rings. The van der Waals surface area contributed by atoms with Gasteiger partial charge in [-0.25, -0.2) is 0 Å². The molecule has 3 heterocycles. The van der Waals surface area contributed by atoms with E-state index in [9.17, 15) is 9.59 Å². The molecule has 6 rings (SSSR count). The summed E-state index contributed by atoms with van der Waals surface area (Å²) in [6, 6.07) is 20.7. The minimum absolute atomic E-state index is 0.132. The Morgan fingerprint density at radius 1 is 0.608 bits per heavy atom. The summed E-state index contributed by atoms with van der Waals surface area (Å²) >= 11 is 3.57. The Hall–Kier alpha value is -3.92. The van der Waals surface area contributed by atoms with Crippen LogP contribution in [-0.2, 0) is 33.3 Å². The molecule has 0 N–H and O–H groups in total. The average molecular weight is 773 g/mol. The molecule has 51 heavy (non-hydrogen) atoms. The molecule has 0 unspecified atom stereocenters. The van der Waals surface area contributed by atoms with Gasteiger partial charge in [0.1, 0.15) is 50.3 Å². The number of amides is 2. The van der Waals surface area contributed by atoms with Gasteiger partial charge < -0.3 is 52.6 Å². The molecule has 3 aliphatic rings. The third-order valence-corrected chi connectivity index (χ3v) is 8.57. The molecule has 0 radical (unpaired) electrons. The van der Waals surface area contributed by atoms with E-state index in [1.54, 1.807) is 16.9 Å². The number of fused-ring (bicyclic) bond motifs is 20. The molecular formula is C37H46BrN3O10. The Bertz CT molecular complexity index is 1460. The molecule has 276 valence electrons. The van der Waals surface area contributed by atoms with Crippen LogP contribution in [0.4, 0.5) is 17.1 Å². The molecule has 0 atom stereocenters. The van der Waals surface area contributed by atoms with Crippen molar-refractivity contribution in [2.75, 3.05) is 127 Å². The fourth-order valence-corrected chi connectivity index (χ4v) is 5.91. The molecule has 0 aliphatic carbocycles. The number of rotatable bonds is 5. The Labute approximate surface area is 307 Å². The number of para-hydroxylation sites is 4. The molecule has 3 aromatic rings. The zero-order valence-electron chi connectivity index (χ0n) is 29.0. The standard InChI is InChI=1S/C37H46BrN3O10/c1-44-20-25-51-35-26-29(38)10-11-30(35)39-12-18-49-33-8-4-2-6-31(33)40-14-16-45-21-22-46-17-15-41(32-7-3-5-9-34(32)50-19-13-39)37(43)28-48-24-23-47-27-36(40)42/h2-11,26H,12-25,27-28H2,1H3. The van der Waals surface area contributed by atoms with Crippen molar-refractivity contribution in [3.63, 3.8) is 0 Å². The van der Waals surface area contributed by atoms with Crippen LogP contribution >= 0.6 is 15.9 Å². The summed E-state index contributed by atoms with van der Waals surface area (Å²) in [6.45, 7) is 3.92. The minimum Gasteiger partial charge on any atom is -0.490 e. The van der Waals surface area contributed by atoms with E-state index >= 15 is 0 Å². The number of nitrogens with zero attached hydrogens (tertiary/aromatic N) is 3. The van der Waals surface area contributed by atoms with E-state index in [0.717, 1.165) is 10.2 Å². The zero-order chi connectivity index (χ0) is 35.7. The van der Waals surface area contributed by atoms with Gasteiger partial charge in [-0.05, 0) is 42.5 Å². The van der Waals surface area contributed by atoms with E-state index in [2.05, 4.69) is 20.8 Å². The van der Waals surface area contributed by atoms with Crippen LogP contribution in [0.5, 0.6) is 17.2 Å². The molecule has 3 aliphatic heterocycles. The SMILES string of the molecule is COCCOc1cc(Br)ccc1N1CCOc2ccccc2N2CCOCCOCCN(C(=O)COCCOCC2=O)c2ccccc2OCC1. The zero-order valence-corrected chi connectivity index (χ0v) is 30.6. The average Bonchev–Trinajstić information content (AvgIpc) is 3.13. The summed E-state index contributed by atoms with van der Waals surface area (Å²) in [7, 11) is 1.63. The predicted octanol–water partition coefficient (Wildman–Crippen LogP) is 4.20. The van der Waals surface area contributed by atoms with Crippen LogP contribution in [0.3, 0.4) is 0 Å². The molecule has 3 aromatic carbocycles. The van der Waals surface area contributed by atoms with Crippen LogP contribution in [0.15, 0.2) is 71.2 Å². The summed E-state index contributed by atoms with van der Waals surface area (Å²) in [6.07, 6.45) is 0. The van der Waals surface area contributed by atoms with E-state index in [-0.39, 0.29) is 77.8 Å². The molecule has 2 amide bonds. The third-order valence-electron chi connectivity index (χ3n) is 8.07. The van der Waals surface area contributed by atoms with Crippen molar-refractivity contribution in [1.82, 2.24) is 0 Å². The molecular weight excluding hydrogens is 726 g/mol. The lowest BCUT2D eigenvalue weighted by Crippen LogP contribution is -2.38. The largest absolute Gasteiger partial charge is 0.490 e. The van der Waals surface area contributed by atoms with E-state index < -0.39 is 0 Å². The Kier molecular flexibility index (Phi) is 15.6. The number of halogens is 1. The van der Waals surface area contributed by atoms with Crippen molar-refractivity contribution < 1.29 is 47.5 Å². The topological polar surface area (TPSA) is 118 Å². The van der Waals surface area contributed by atoms with Gasteiger partial charge in [-0.15, -0.1) is 0 Å². The summed E-state index contributed by atoms with van der Waals surface area (Å²) in [4.78, 5) is 32.5. The van der Waals surface area contributed by atoms with Gasteiger partial charge in [0, 0.05) is 24.7 Å². The third kappa shape index (κ3) is 11.5. The molecule has 2 bridgehead atoms. The van der Waals surface area contributed by atoms with Crippen LogP contribution < -0.4 is 28.9 Å². The van der Waals surface area contributed by atoms with Crippen LogP contribution in [0.25, 0.3) is 0 Å². The maximum atomic E-state index is 13.6. The van der Waals surface area contributed by atoms with Gasteiger partial charge >= 0.3 is 0 Å². The summed E-state index contributed by atoms with van der Waals surface area (Å²) in [5.74, 6) is 1.24. The highest BCUT2D eigenvalue weighted by Crippen LogP contribution is 2.33. The number of anilines is 3. The number of carbonyl (C=O) groups is 2. The van der Waals surface area contributed by atoms with E-state index in [0.29, 0.717) is 68.1 Å². The van der Waals surface area contributed by atoms with Crippen LogP contribution in [0.1, 0.15) is 0 Å². The van der Waals surface area contributed by atoms with Crippen LogP contribution in [0, 0.1) is 0 Å². The van der Waals surface area contributed by atoms with E-state index in [1.165, 1.54) is 0 Å². The van der Waals surface area contributed by atoms with Crippen molar-refractivity contribution in [3.05, 3.63) is 71.2 Å². The first kappa shape index (κ1) is 38.3. The van der Waals surface area contributed by atoms with Crippen molar-refractivity contribution in [2.45, 2.75) is 0 Å². The Morgan fingerprint density at radius 3 is 1.69 bits per heavy atom. The second-order valence-corrected chi connectivity index (χ2v) is 12.4. The fourth-order valence-electron chi connectivity index (χ4n) is 5.57. The van der Waals surface area contributed by atoms with E-state index in [4.69, 9.17) is 37.9 Å². The smallest absolute Gasteiger partial charge is 0.253 e. The number of carbonyl (C=O) groups excluding carboxylic acids is 2. The maximum Gasteiger partial charge on any atom is 0.253 e. The van der Waals surface area contributed by atoms with Gasteiger partial charge in [0.2, 0.25) is 0 Å². The van der Waals surface area contributed by atoms with Crippen molar-refractivity contribution in [1.29, 1.82) is 0 Å². The number of hydrogen-bond donors (Lipinski definition) is 0. The summed E-state index contributed by atoms with van der Waals surface area (Å²) in [5.41, 5.74) is 2.05. The van der Waals surface area contributed by atoms with Crippen LogP contribution in [0.2, 0.25) is 0 Å². The predicted molar refractivity (Wildman–Crippen MR) is 196 cm³/mol. The lowest BCUT2D eigenvalue weighted by molar-refractivity contribution is -0.126. The molecule has 1 saturated heterocycles. The summed E-state index contributed by atoms with van der Waals surface area (Å²) < 4.78 is 48.2. The van der Waals surface area contributed by atoms with Gasteiger partial charge in [0.25, 0.3) is 11.8 Å². The first-order valence-electron chi connectivity index (χ1n) is 17.1. The highest BCUT2D eigenvalue weighted by atomic mass is 79.9. The number of benzene rings is 3. The highest BCUT2D eigenvalue weighted by molar-refractivity contribution is 9.10. The Balaban J connectivity index is 1.50. The van der Waals surface area contributed by atoms with Crippen molar-refractivity contribution in [2.24, 2.45) is 0 Å². The number of hydrogen-bond acceptors (Lipinski definition) is 11. The van der Waals surface area contributed by atoms with Gasteiger partial charge in [0.05, 0.1) is 76.4 Å². The van der Waals surface area contributed by atoms with Gasteiger partial charge in [0.15, 0.2) is 0 Å². The first-order chi connectivity index (χ1) is 25.0. The highest BCUT2D eigenvalue weighted by Gasteiger charge is 2.23. The van der Waals surface area contributed by atoms with Crippen molar-refractivity contribution >= 4 is 44.8 Å². The van der Waals surface area contributed by atoms with Gasteiger partial charge in [-0.3, -0.25) is 9.59 Å². The second kappa shape index (κ2) is 20.8. The first-order valence-corrected chi connectivity index (χ1v) is 17.9. The number of ether oxygens (including phenoxy) is 8. The number of methoxy groups -OCH3 is 1. The molecule has 0 aromatic heterocycles. The monoisotopic (exact) mass is 771 g/mol. The van der Waals surface area contributed by atoms with Crippen molar-refractivity contribution in [3.8, 4) is 17.2 Å². The lowest BCUT2D eigenvalue weighted by atomic mass is 10.2. The normalized spacial score (nSPS) is 17.9. The fraction of sp³-hybridized carbons (Fsp3) is 0.459. The summed E-state index contributed by atoms with van der Waals surface area (Å²) in [5, 5.41) is 0. The molecule has 0 saturated carbocycles. The molecule has 14 heteroatoms. The van der Waals surface area contributed by atoms with Crippen LogP contribution in [-0.4, -0.2) is 124 Å². The molecule has 0 spiro atoms. The van der Waals surface area contributed by atoms with Gasteiger partial charge in [-0.1, -0.05) is 40.2 Å². The second-order valence-electron chi connectivity index (χ2n) is 11.5. The molecule has 13 nitrogen and oxygen atoms in total. The lowest BCUT2D eigenvalue weighted by Gasteiger charge is -2.29.